The Hall–Kier alpha value is -3.49. The minimum Gasteiger partial charge on any atom is -0.334 e. The summed E-state index contributed by atoms with van der Waals surface area (Å²) in [6.45, 7) is 2.69. The molecule has 3 aromatic rings. The van der Waals surface area contributed by atoms with Crippen LogP contribution in [0.3, 0.4) is 0 Å². The average molecular weight is 422 g/mol. The lowest BCUT2D eigenvalue weighted by atomic mass is 10.1. The highest BCUT2D eigenvalue weighted by molar-refractivity contribution is 5.94. The largest absolute Gasteiger partial charge is 0.334 e. The van der Waals surface area contributed by atoms with E-state index in [0.29, 0.717) is 43.3 Å². The molecule has 5 rings (SSSR count). The molecular weight excluding hydrogens is 399 g/mol. The number of rotatable bonds is 3. The minimum atomic E-state index is -0.321. The number of amides is 2. The van der Waals surface area contributed by atoms with Crippen LogP contribution in [0.25, 0.3) is 11.3 Å². The summed E-state index contributed by atoms with van der Waals surface area (Å²) in [5.41, 5.74) is 3.31. The molecule has 160 valence electrons. The molecule has 1 aromatic carbocycles. The van der Waals surface area contributed by atoms with Crippen molar-refractivity contribution >= 4 is 11.8 Å². The summed E-state index contributed by atoms with van der Waals surface area (Å²) in [5, 5.41) is 11.4. The van der Waals surface area contributed by atoms with Crippen LogP contribution in [0.4, 0.5) is 4.39 Å². The number of piperazine rings is 1. The van der Waals surface area contributed by atoms with Gasteiger partial charge in [-0.2, -0.15) is 10.2 Å². The fraction of sp³-hybridized carbons (Fsp3) is 0.364. The van der Waals surface area contributed by atoms with Crippen molar-refractivity contribution in [2.45, 2.75) is 25.8 Å². The maximum Gasteiger partial charge on any atom is 0.274 e. The van der Waals surface area contributed by atoms with Crippen molar-refractivity contribution in [1.82, 2.24) is 29.8 Å². The third-order valence-corrected chi connectivity index (χ3v) is 5.94. The van der Waals surface area contributed by atoms with E-state index in [-0.39, 0.29) is 17.6 Å². The summed E-state index contributed by atoms with van der Waals surface area (Å²) in [6, 6.07) is 9.54. The van der Waals surface area contributed by atoms with E-state index < -0.39 is 0 Å². The van der Waals surface area contributed by atoms with Crippen molar-refractivity contribution in [1.29, 1.82) is 0 Å². The van der Waals surface area contributed by atoms with Gasteiger partial charge in [0, 0.05) is 44.0 Å². The fourth-order valence-corrected chi connectivity index (χ4v) is 4.17. The van der Waals surface area contributed by atoms with E-state index in [1.54, 1.807) is 28.0 Å². The van der Waals surface area contributed by atoms with Crippen LogP contribution >= 0.6 is 0 Å². The van der Waals surface area contributed by atoms with Gasteiger partial charge in [0.2, 0.25) is 0 Å². The molecule has 0 bridgehead atoms. The summed E-state index contributed by atoms with van der Waals surface area (Å²) in [6.07, 6.45) is 3.20. The monoisotopic (exact) mass is 422 g/mol. The van der Waals surface area contributed by atoms with E-state index in [4.69, 9.17) is 0 Å². The molecule has 1 fully saturated rings. The average Bonchev–Trinajstić information content (AvgIpc) is 3.46. The molecule has 1 saturated heterocycles. The quantitative estimate of drug-likeness (QED) is 0.702. The topological polar surface area (TPSA) is 87.1 Å². The third-order valence-electron chi connectivity index (χ3n) is 5.94. The molecule has 2 aromatic heterocycles. The molecule has 2 amide bonds. The van der Waals surface area contributed by atoms with Crippen LogP contribution < -0.4 is 0 Å². The summed E-state index contributed by atoms with van der Waals surface area (Å²) in [4.78, 5) is 29.2. The number of fused-ring (bicyclic) bond motifs is 1. The zero-order valence-electron chi connectivity index (χ0n) is 17.1. The molecule has 8 nitrogen and oxygen atoms in total. The normalized spacial score (nSPS) is 16.3. The van der Waals surface area contributed by atoms with Crippen molar-refractivity contribution in [3.05, 3.63) is 59.3 Å². The van der Waals surface area contributed by atoms with Gasteiger partial charge in [-0.1, -0.05) is 0 Å². The highest BCUT2D eigenvalue weighted by Gasteiger charge is 2.28. The minimum absolute atomic E-state index is 0.0749. The summed E-state index contributed by atoms with van der Waals surface area (Å²) >= 11 is 0. The SMILES string of the molecule is O=C(c1cc2n(n1)CCCC2)N1CCN(C(=O)c2cc(-c3ccc(F)cc3)n[nH]2)CC1. The number of H-pyrrole nitrogens is 1. The number of carbonyl (C=O) groups excluding carboxylic acids is 2. The number of halogens is 1. The maximum absolute atomic E-state index is 13.1. The van der Waals surface area contributed by atoms with Gasteiger partial charge in [-0.3, -0.25) is 19.4 Å². The number of nitrogens with zero attached hydrogens (tertiary/aromatic N) is 5. The summed E-state index contributed by atoms with van der Waals surface area (Å²) in [7, 11) is 0. The van der Waals surface area contributed by atoms with Gasteiger partial charge in [0.05, 0.1) is 5.69 Å². The molecule has 9 heteroatoms. The Balaban J connectivity index is 1.21. The number of aryl methyl sites for hydroxylation is 2. The second-order valence-electron chi connectivity index (χ2n) is 7.96. The first-order valence-corrected chi connectivity index (χ1v) is 10.5. The third kappa shape index (κ3) is 3.83. The molecule has 0 radical (unpaired) electrons. The van der Waals surface area contributed by atoms with Crippen molar-refractivity contribution in [3.63, 3.8) is 0 Å². The lowest BCUT2D eigenvalue weighted by Crippen LogP contribution is -2.50. The molecule has 0 aliphatic carbocycles. The number of carbonyl (C=O) groups is 2. The van der Waals surface area contributed by atoms with Crippen LogP contribution in [0.2, 0.25) is 0 Å². The Morgan fingerprint density at radius 3 is 2.32 bits per heavy atom. The zero-order chi connectivity index (χ0) is 21.4. The smallest absolute Gasteiger partial charge is 0.274 e. The molecule has 0 saturated carbocycles. The summed E-state index contributed by atoms with van der Waals surface area (Å²) in [5.74, 6) is -0.557. The highest BCUT2D eigenvalue weighted by atomic mass is 19.1. The molecule has 31 heavy (non-hydrogen) atoms. The number of aromatic amines is 1. The van der Waals surface area contributed by atoms with Crippen LogP contribution in [0.1, 0.15) is 39.5 Å². The Morgan fingerprint density at radius 2 is 1.61 bits per heavy atom. The molecule has 0 spiro atoms. The number of hydrogen-bond acceptors (Lipinski definition) is 4. The molecule has 4 heterocycles. The van der Waals surface area contributed by atoms with E-state index in [2.05, 4.69) is 15.3 Å². The number of aromatic nitrogens is 4. The van der Waals surface area contributed by atoms with Gasteiger partial charge in [-0.15, -0.1) is 0 Å². The number of benzene rings is 1. The van der Waals surface area contributed by atoms with Gasteiger partial charge in [0.25, 0.3) is 11.8 Å². The van der Waals surface area contributed by atoms with Crippen molar-refractivity contribution in [2.24, 2.45) is 0 Å². The van der Waals surface area contributed by atoms with E-state index in [0.717, 1.165) is 37.1 Å². The van der Waals surface area contributed by atoms with Crippen LogP contribution in [0.5, 0.6) is 0 Å². The lowest BCUT2D eigenvalue weighted by molar-refractivity contribution is 0.0528. The van der Waals surface area contributed by atoms with Gasteiger partial charge < -0.3 is 9.80 Å². The molecule has 2 aliphatic heterocycles. The van der Waals surface area contributed by atoms with Gasteiger partial charge in [-0.05, 0) is 55.7 Å². The highest BCUT2D eigenvalue weighted by Crippen LogP contribution is 2.20. The van der Waals surface area contributed by atoms with Gasteiger partial charge in [-0.25, -0.2) is 4.39 Å². The Labute approximate surface area is 178 Å². The number of nitrogens with one attached hydrogen (secondary N) is 1. The Kier molecular flexibility index (Phi) is 5.01. The van der Waals surface area contributed by atoms with Gasteiger partial charge in [0.1, 0.15) is 11.5 Å². The molecule has 2 aliphatic rings. The van der Waals surface area contributed by atoms with Gasteiger partial charge in [0.15, 0.2) is 5.69 Å². The second kappa shape index (κ2) is 7.98. The fourth-order valence-electron chi connectivity index (χ4n) is 4.17. The van der Waals surface area contributed by atoms with Crippen LogP contribution in [0, 0.1) is 5.82 Å². The van der Waals surface area contributed by atoms with Crippen LogP contribution in [0.15, 0.2) is 36.4 Å². The number of hydrogen-bond donors (Lipinski definition) is 1. The van der Waals surface area contributed by atoms with E-state index in [9.17, 15) is 14.0 Å². The van der Waals surface area contributed by atoms with Crippen LogP contribution in [-0.4, -0.2) is 67.8 Å². The summed E-state index contributed by atoms with van der Waals surface area (Å²) < 4.78 is 15.1. The molecule has 0 atom stereocenters. The van der Waals surface area contributed by atoms with Gasteiger partial charge >= 0.3 is 0 Å². The first kappa shape index (κ1) is 19.5. The van der Waals surface area contributed by atoms with Crippen molar-refractivity contribution in [3.8, 4) is 11.3 Å². The maximum atomic E-state index is 13.1. The Bertz CT molecular complexity index is 1090. The lowest BCUT2D eigenvalue weighted by Gasteiger charge is -2.34. The predicted octanol–water partition coefficient (Wildman–Crippen LogP) is 2.35. The molecular formula is C22H23FN6O2. The van der Waals surface area contributed by atoms with Crippen molar-refractivity contribution < 1.29 is 14.0 Å². The second-order valence-corrected chi connectivity index (χ2v) is 7.96. The van der Waals surface area contributed by atoms with E-state index in [1.807, 2.05) is 10.7 Å². The first-order chi connectivity index (χ1) is 15.1. The first-order valence-electron chi connectivity index (χ1n) is 10.5. The molecule has 1 N–H and O–H groups in total. The standard InChI is InChI=1S/C22H23FN6O2/c23-16-6-4-15(5-7-16)18-14-19(25-24-18)21(30)27-9-11-28(12-10-27)22(31)20-13-17-3-1-2-8-29(17)26-20/h4-7,13-14H,1-3,8-12H2,(H,24,25). The van der Waals surface area contributed by atoms with Crippen LogP contribution in [-0.2, 0) is 13.0 Å². The Morgan fingerprint density at radius 1 is 0.903 bits per heavy atom. The van der Waals surface area contributed by atoms with E-state index in [1.165, 1.54) is 12.1 Å². The van der Waals surface area contributed by atoms with Crippen molar-refractivity contribution in [2.75, 3.05) is 26.2 Å². The van der Waals surface area contributed by atoms with E-state index >= 15 is 0 Å². The predicted molar refractivity (Wildman–Crippen MR) is 111 cm³/mol. The molecule has 0 unspecified atom stereocenters. The zero-order valence-corrected chi connectivity index (χ0v) is 17.1.